The molecule has 2 aromatic heterocycles. The van der Waals surface area contributed by atoms with Gasteiger partial charge in [0.2, 0.25) is 5.88 Å². The van der Waals surface area contributed by atoms with Crippen LogP contribution in [0.15, 0.2) is 24.8 Å². The van der Waals surface area contributed by atoms with Crippen molar-refractivity contribution < 1.29 is 4.74 Å². The monoisotopic (exact) mass is 279 g/mol. The van der Waals surface area contributed by atoms with Crippen molar-refractivity contribution in [2.24, 2.45) is 5.84 Å². The van der Waals surface area contributed by atoms with Crippen molar-refractivity contribution in [3.05, 3.63) is 35.4 Å². The summed E-state index contributed by atoms with van der Waals surface area (Å²) in [4.78, 5) is 12.2. The molecule has 0 radical (unpaired) electrons. The minimum Gasteiger partial charge on any atom is -0.437 e. The first-order valence-corrected chi connectivity index (χ1v) is 6.21. The molecule has 0 saturated carbocycles. The van der Waals surface area contributed by atoms with Gasteiger partial charge in [0.25, 0.3) is 0 Å². The summed E-state index contributed by atoms with van der Waals surface area (Å²) in [6.45, 7) is 2.05. The van der Waals surface area contributed by atoms with Crippen LogP contribution < -0.4 is 16.0 Å². The molecule has 6 nitrogen and oxygen atoms in total. The first-order valence-electron chi connectivity index (χ1n) is 5.83. The van der Waals surface area contributed by atoms with Gasteiger partial charge in [0.05, 0.1) is 16.8 Å². The summed E-state index contributed by atoms with van der Waals surface area (Å²) >= 11 is 5.86. The van der Waals surface area contributed by atoms with Crippen LogP contribution in [-0.2, 0) is 6.42 Å². The minimum absolute atomic E-state index is 0.453. The predicted molar refractivity (Wildman–Crippen MR) is 73.2 cm³/mol. The van der Waals surface area contributed by atoms with Crippen LogP contribution in [0.2, 0.25) is 5.02 Å². The fourth-order valence-corrected chi connectivity index (χ4v) is 1.81. The molecule has 3 N–H and O–H groups in total. The summed E-state index contributed by atoms with van der Waals surface area (Å²) in [5, 5.41) is 0.501. The van der Waals surface area contributed by atoms with Crippen LogP contribution in [0.5, 0.6) is 11.6 Å². The fraction of sp³-hybridized carbons (Fsp3) is 0.250. The van der Waals surface area contributed by atoms with Crippen molar-refractivity contribution in [2.75, 3.05) is 5.43 Å². The summed E-state index contributed by atoms with van der Waals surface area (Å²) in [6.07, 6.45) is 6.17. The molecule has 0 saturated heterocycles. The van der Waals surface area contributed by atoms with Crippen molar-refractivity contribution in [3.63, 3.8) is 0 Å². The van der Waals surface area contributed by atoms with E-state index in [0.29, 0.717) is 22.5 Å². The van der Waals surface area contributed by atoms with Crippen molar-refractivity contribution in [1.29, 1.82) is 0 Å². The number of nitrogens with two attached hydrogens (primary N) is 1. The molecular weight excluding hydrogens is 266 g/mol. The second kappa shape index (κ2) is 6.31. The number of rotatable bonds is 5. The SMILES string of the molecule is CCCc1c(NN)ncnc1Oc1cncc(Cl)c1. The van der Waals surface area contributed by atoms with Gasteiger partial charge < -0.3 is 10.2 Å². The second-order valence-electron chi connectivity index (χ2n) is 3.84. The van der Waals surface area contributed by atoms with Gasteiger partial charge in [0, 0.05) is 12.3 Å². The van der Waals surface area contributed by atoms with Crippen LogP contribution >= 0.6 is 11.6 Å². The van der Waals surface area contributed by atoms with E-state index in [1.165, 1.54) is 12.5 Å². The number of nitrogen functional groups attached to an aromatic ring is 1. The van der Waals surface area contributed by atoms with E-state index in [4.69, 9.17) is 22.2 Å². The Hall–Kier alpha value is -1.92. The molecule has 0 atom stereocenters. The van der Waals surface area contributed by atoms with Gasteiger partial charge in [0.1, 0.15) is 17.9 Å². The van der Waals surface area contributed by atoms with Crippen LogP contribution in [0.1, 0.15) is 18.9 Å². The fourth-order valence-electron chi connectivity index (χ4n) is 1.64. The van der Waals surface area contributed by atoms with Gasteiger partial charge in [-0.1, -0.05) is 24.9 Å². The minimum atomic E-state index is 0.453. The van der Waals surface area contributed by atoms with Crippen molar-refractivity contribution >= 4 is 17.4 Å². The number of halogens is 1. The number of anilines is 1. The molecular formula is C12H14ClN5O. The van der Waals surface area contributed by atoms with Gasteiger partial charge in [0.15, 0.2) is 0 Å². The van der Waals surface area contributed by atoms with E-state index < -0.39 is 0 Å². The Bertz CT molecular complexity index is 564. The van der Waals surface area contributed by atoms with Crippen molar-refractivity contribution in [2.45, 2.75) is 19.8 Å². The van der Waals surface area contributed by atoms with Crippen LogP contribution in [0.3, 0.4) is 0 Å². The standard InChI is InChI=1S/C12H14ClN5O/c1-2-3-10-11(18-14)16-7-17-12(10)19-9-4-8(13)5-15-6-9/h4-7H,2-3,14H2,1H3,(H,16,17,18). The Labute approximate surface area is 116 Å². The van der Waals surface area contributed by atoms with E-state index in [2.05, 4.69) is 27.3 Å². The molecule has 0 aliphatic heterocycles. The third kappa shape index (κ3) is 3.30. The topological polar surface area (TPSA) is 86.0 Å². The van der Waals surface area contributed by atoms with Gasteiger partial charge in [-0.05, 0) is 6.42 Å². The Morgan fingerprint density at radius 1 is 1.37 bits per heavy atom. The molecule has 0 aromatic carbocycles. The van der Waals surface area contributed by atoms with E-state index >= 15 is 0 Å². The maximum Gasteiger partial charge on any atom is 0.227 e. The number of hydrogen-bond acceptors (Lipinski definition) is 6. The van der Waals surface area contributed by atoms with E-state index in [-0.39, 0.29) is 0 Å². The van der Waals surface area contributed by atoms with Gasteiger partial charge >= 0.3 is 0 Å². The van der Waals surface area contributed by atoms with E-state index in [0.717, 1.165) is 18.4 Å². The van der Waals surface area contributed by atoms with Crippen LogP contribution in [0.4, 0.5) is 5.82 Å². The summed E-state index contributed by atoms with van der Waals surface area (Å²) in [5.41, 5.74) is 3.37. The largest absolute Gasteiger partial charge is 0.437 e. The number of pyridine rings is 1. The van der Waals surface area contributed by atoms with Crippen molar-refractivity contribution in [3.8, 4) is 11.6 Å². The predicted octanol–water partition coefficient (Wildman–Crippen LogP) is 2.56. The Morgan fingerprint density at radius 2 is 2.21 bits per heavy atom. The highest BCUT2D eigenvalue weighted by molar-refractivity contribution is 6.30. The van der Waals surface area contributed by atoms with Gasteiger partial charge in [-0.3, -0.25) is 4.98 Å². The Morgan fingerprint density at radius 3 is 2.89 bits per heavy atom. The number of nitrogens with zero attached hydrogens (tertiary/aromatic N) is 3. The second-order valence-corrected chi connectivity index (χ2v) is 4.28. The van der Waals surface area contributed by atoms with Crippen LogP contribution in [-0.4, -0.2) is 15.0 Å². The lowest BCUT2D eigenvalue weighted by Gasteiger charge is -2.12. The molecule has 0 amide bonds. The normalized spacial score (nSPS) is 10.3. The van der Waals surface area contributed by atoms with Crippen LogP contribution in [0.25, 0.3) is 0 Å². The van der Waals surface area contributed by atoms with E-state index in [1.807, 2.05) is 0 Å². The third-order valence-corrected chi connectivity index (χ3v) is 2.64. The molecule has 0 spiro atoms. The van der Waals surface area contributed by atoms with Crippen molar-refractivity contribution in [1.82, 2.24) is 15.0 Å². The lowest BCUT2D eigenvalue weighted by Crippen LogP contribution is -2.12. The highest BCUT2D eigenvalue weighted by atomic mass is 35.5. The van der Waals surface area contributed by atoms with Crippen LogP contribution in [0, 0.1) is 0 Å². The number of hydrazine groups is 1. The quantitative estimate of drug-likeness (QED) is 0.646. The Kier molecular flexibility index (Phi) is 4.48. The van der Waals surface area contributed by atoms with Gasteiger partial charge in [-0.15, -0.1) is 0 Å². The van der Waals surface area contributed by atoms with Gasteiger partial charge in [-0.2, -0.15) is 0 Å². The summed E-state index contributed by atoms with van der Waals surface area (Å²) in [5.74, 6) is 6.97. The first kappa shape index (κ1) is 13.5. The summed E-state index contributed by atoms with van der Waals surface area (Å²) in [7, 11) is 0. The molecule has 0 bridgehead atoms. The number of hydrogen-bond donors (Lipinski definition) is 2. The highest BCUT2D eigenvalue weighted by Gasteiger charge is 2.12. The molecule has 0 unspecified atom stereocenters. The Balaban J connectivity index is 2.33. The molecule has 0 aliphatic rings. The lowest BCUT2D eigenvalue weighted by molar-refractivity contribution is 0.452. The number of aromatic nitrogens is 3. The molecule has 2 heterocycles. The molecule has 7 heteroatoms. The maximum atomic E-state index is 5.86. The molecule has 19 heavy (non-hydrogen) atoms. The number of nitrogens with one attached hydrogen (secondary N) is 1. The van der Waals surface area contributed by atoms with Gasteiger partial charge in [-0.25, -0.2) is 15.8 Å². The van der Waals surface area contributed by atoms with E-state index in [1.54, 1.807) is 12.3 Å². The molecule has 2 aromatic rings. The number of ether oxygens (including phenoxy) is 1. The zero-order chi connectivity index (χ0) is 13.7. The first-order chi connectivity index (χ1) is 9.24. The zero-order valence-electron chi connectivity index (χ0n) is 10.4. The lowest BCUT2D eigenvalue weighted by atomic mass is 10.2. The molecule has 100 valence electrons. The summed E-state index contributed by atoms with van der Waals surface area (Å²) < 4.78 is 5.69. The molecule has 0 fully saturated rings. The zero-order valence-corrected chi connectivity index (χ0v) is 11.2. The smallest absolute Gasteiger partial charge is 0.227 e. The maximum absolute atomic E-state index is 5.86. The molecule has 0 aliphatic carbocycles. The van der Waals surface area contributed by atoms with E-state index in [9.17, 15) is 0 Å². The average molecular weight is 280 g/mol. The molecule has 2 rings (SSSR count). The average Bonchev–Trinajstić information content (AvgIpc) is 2.41. The summed E-state index contributed by atoms with van der Waals surface area (Å²) in [6, 6.07) is 1.67. The highest BCUT2D eigenvalue weighted by Crippen LogP contribution is 2.28. The third-order valence-electron chi connectivity index (χ3n) is 2.44.